The Labute approximate surface area is 118 Å². The van der Waals surface area contributed by atoms with Crippen molar-refractivity contribution in [3.05, 3.63) is 35.9 Å². The summed E-state index contributed by atoms with van der Waals surface area (Å²) >= 11 is 0. The van der Waals surface area contributed by atoms with Crippen LogP contribution in [0.5, 0.6) is 0 Å². The smallest absolute Gasteiger partial charge is 0.308 e. The highest BCUT2D eigenvalue weighted by molar-refractivity contribution is 5.78. The highest BCUT2D eigenvalue weighted by atomic mass is 16.4. The van der Waals surface area contributed by atoms with Crippen LogP contribution in [0.2, 0.25) is 0 Å². The van der Waals surface area contributed by atoms with Gasteiger partial charge in [-0.05, 0) is 12.0 Å². The van der Waals surface area contributed by atoms with Crippen molar-refractivity contribution in [3.63, 3.8) is 0 Å². The van der Waals surface area contributed by atoms with E-state index in [0.717, 1.165) is 30.6 Å². The summed E-state index contributed by atoms with van der Waals surface area (Å²) in [6.45, 7) is 2.90. The van der Waals surface area contributed by atoms with Crippen LogP contribution in [0.3, 0.4) is 0 Å². The van der Waals surface area contributed by atoms with Gasteiger partial charge in [0.2, 0.25) is 0 Å². The topological polar surface area (TPSA) is 78.0 Å². The summed E-state index contributed by atoms with van der Waals surface area (Å²) in [6.07, 6.45) is 2.06. The molecule has 2 aromatic rings. The average Bonchev–Trinajstić information content (AvgIpc) is 2.82. The first-order valence-corrected chi connectivity index (χ1v) is 6.80. The lowest BCUT2D eigenvalue weighted by Gasteiger charge is -2.06. The van der Waals surface area contributed by atoms with Crippen molar-refractivity contribution in [1.82, 2.24) is 10.2 Å². The molecule has 0 spiro atoms. The molecule has 0 aliphatic rings. The van der Waals surface area contributed by atoms with Crippen molar-refractivity contribution < 1.29 is 9.90 Å². The number of nitrogens with zero attached hydrogens (tertiary/aromatic N) is 1. The quantitative estimate of drug-likeness (QED) is 0.678. The van der Waals surface area contributed by atoms with Crippen LogP contribution in [0.1, 0.15) is 25.3 Å². The molecule has 0 aliphatic carbocycles. The molecule has 1 aromatic heterocycles. The number of anilines is 1. The zero-order valence-corrected chi connectivity index (χ0v) is 11.5. The zero-order chi connectivity index (χ0) is 14.4. The SMILES string of the molecule is CCCCNc1n[nH]c(-c2ccccc2)c1CC(=O)O. The summed E-state index contributed by atoms with van der Waals surface area (Å²) in [6, 6.07) is 9.65. The highest BCUT2D eigenvalue weighted by Crippen LogP contribution is 2.27. The molecule has 1 aromatic carbocycles. The van der Waals surface area contributed by atoms with Crippen LogP contribution in [-0.2, 0) is 11.2 Å². The maximum atomic E-state index is 11.1. The van der Waals surface area contributed by atoms with E-state index >= 15 is 0 Å². The molecule has 0 atom stereocenters. The van der Waals surface area contributed by atoms with E-state index < -0.39 is 5.97 Å². The average molecular weight is 273 g/mol. The molecular formula is C15H19N3O2. The standard InChI is InChI=1S/C15H19N3O2/c1-2-3-9-16-15-12(10-13(19)20)14(17-18-15)11-7-5-4-6-8-11/h4-8H,2-3,9-10H2,1H3,(H,19,20)(H2,16,17,18). The van der Waals surface area contributed by atoms with E-state index in [2.05, 4.69) is 22.4 Å². The van der Waals surface area contributed by atoms with Gasteiger partial charge in [0.15, 0.2) is 5.82 Å². The number of carbonyl (C=O) groups is 1. The molecule has 0 saturated heterocycles. The van der Waals surface area contributed by atoms with E-state index in [9.17, 15) is 4.79 Å². The summed E-state index contributed by atoms with van der Waals surface area (Å²) in [5.74, 6) is -0.221. The summed E-state index contributed by atoms with van der Waals surface area (Å²) in [5, 5.41) is 19.5. The number of unbranched alkanes of at least 4 members (excludes halogenated alkanes) is 1. The number of benzene rings is 1. The van der Waals surface area contributed by atoms with Gasteiger partial charge in [-0.3, -0.25) is 9.89 Å². The van der Waals surface area contributed by atoms with Crippen molar-refractivity contribution in [2.45, 2.75) is 26.2 Å². The molecule has 106 valence electrons. The molecule has 0 amide bonds. The Kier molecular flexibility index (Phi) is 4.76. The fourth-order valence-electron chi connectivity index (χ4n) is 2.06. The molecular weight excluding hydrogens is 254 g/mol. The largest absolute Gasteiger partial charge is 0.481 e. The second-order valence-electron chi connectivity index (χ2n) is 4.64. The lowest BCUT2D eigenvalue weighted by atomic mass is 10.1. The normalized spacial score (nSPS) is 10.4. The summed E-state index contributed by atoms with van der Waals surface area (Å²) in [7, 11) is 0. The molecule has 0 aliphatic heterocycles. The van der Waals surface area contributed by atoms with Gasteiger partial charge in [0.05, 0.1) is 12.1 Å². The van der Waals surface area contributed by atoms with Crippen LogP contribution in [0, 0.1) is 0 Å². The molecule has 0 unspecified atom stereocenters. The van der Waals surface area contributed by atoms with Crippen molar-refractivity contribution in [2.24, 2.45) is 0 Å². The van der Waals surface area contributed by atoms with Crippen LogP contribution >= 0.6 is 0 Å². The monoisotopic (exact) mass is 273 g/mol. The van der Waals surface area contributed by atoms with Gasteiger partial charge in [-0.25, -0.2) is 0 Å². The lowest BCUT2D eigenvalue weighted by Crippen LogP contribution is -2.07. The minimum Gasteiger partial charge on any atom is -0.481 e. The predicted octanol–water partition coefficient (Wildman–Crippen LogP) is 2.92. The minimum atomic E-state index is -0.859. The third-order valence-electron chi connectivity index (χ3n) is 3.08. The number of aromatic amines is 1. The molecule has 2 rings (SSSR count). The summed E-state index contributed by atoms with van der Waals surface area (Å²) in [5.41, 5.74) is 2.42. The van der Waals surface area contributed by atoms with Crippen LogP contribution in [-0.4, -0.2) is 27.8 Å². The van der Waals surface area contributed by atoms with E-state index in [1.807, 2.05) is 30.3 Å². The van der Waals surface area contributed by atoms with E-state index in [-0.39, 0.29) is 6.42 Å². The maximum Gasteiger partial charge on any atom is 0.308 e. The van der Waals surface area contributed by atoms with E-state index in [4.69, 9.17) is 5.11 Å². The third-order valence-corrected chi connectivity index (χ3v) is 3.08. The fraction of sp³-hybridized carbons (Fsp3) is 0.333. The van der Waals surface area contributed by atoms with Gasteiger partial charge >= 0.3 is 5.97 Å². The maximum absolute atomic E-state index is 11.1. The van der Waals surface area contributed by atoms with E-state index in [1.54, 1.807) is 0 Å². The number of nitrogens with one attached hydrogen (secondary N) is 2. The highest BCUT2D eigenvalue weighted by Gasteiger charge is 2.17. The van der Waals surface area contributed by atoms with Crippen LogP contribution in [0.4, 0.5) is 5.82 Å². The van der Waals surface area contributed by atoms with Crippen LogP contribution in [0.15, 0.2) is 30.3 Å². The van der Waals surface area contributed by atoms with Gasteiger partial charge < -0.3 is 10.4 Å². The molecule has 1 heterocycles. The minimum absolute atomic E-state index is 0.0464. The number of carboxylic acid groups (broad SMARTS) is 1. The Morgan fingerprint density at radius 2 is 2.10 bits per heavy atom. The number of aliphatic carboxylic acids is 1. The Bertz CT molecular complexity index is 564. The third kappa shape index (κ3) is 3.38. The fourth-order valence-corrected chi connectivity index (χ4v) is 2.06. The Morgan fingerprint density at radius 3 is 2.75 bits per heavy atom. The molecule has 0 radical (unpaired) electrons. The van der Waals surface area contributed by atoms with Gasteiger partial charge in [-0.15, -0.1) is 0 Å². The Balaban J connectivity index is 2.29. The number of aromatic nitrogens is 2. The van der Waals surface area contributed by atoms with Gasteiger partial charge in [0, 0.05) is 12.1 Å². The number of hydrogen-bond acceptors (Lipinski definition) is 3. The van der Waals surface area contributed by atoms with Crippen LogP contribution in [0.25, 0.3) is 11.3 Å². The molecule has 5 nitrogen and oxygen atoms in total. The van der Waals surface area contributed by atoms with Crippen molar-refractivity contribution in [1.29, 1.82) is 0 Å². The second kappa shape index (κ2) is 6.75. The van der Waals surface area contributed by atoms with Crippen LogP contribution < -0.4 is 5.32 Å². The lowest BCUT2D eigenvalue weighted by molar-refractivity contribution is -0.136. The first-order valence-electron chi connectivity index (χ1n) is 6.80. The first kappa shape index (κ1) is 14.1. The molecule has 0 bridgehead atoms. The first-order chi connectivity index (χ1) is 9.72. The Morgan fingerprint density at radius 1 is 1.35 bits per heavy atom. The van der Waals surface area contributed by atoms with E-state index in [1.165, 1.54) is 0 Å². The van der Waals surface area contributed by atoms with Crippen molar-refractivity contribution in [2.75, 3.05) is 11.9 Å². The summed E-state index contributed by atoms with van der Waals surface area (Å²) < 4.78 is 0. The van der Waals surface area contributed by atoms with Gasteiger partial charge in [-0.1, -0.05) is 43.7 Å². The zero-order valence-electron chi connectivity index (χ0n) is 11.5. The molecule has 5 heteroatoms. The van der Waals surface area contributed by atoms with Crippen molar-refractivity contribution in [3.8, 4) is 11.3 Å². The van der Waals surface area contributed by atoms with Crippen molar-refractivity contribution >= 4 is 11.8 Å². The number of carboxylic acids is 1. The van der Waals surface area contributed by atoms with Gasteiger partial charge in [0.1, 0.15) is 0 Å². The number of H-pyrrole nitrogens is 1. The Hall–Kier alpha value is -2.30. The molecule has 20 heavy (non-hydrogen) atoms. The molecule has 0 fully saturated rings. The summed E-state index contributed by atoms with van der Waals surface area (Å²) in [4.78, 5) is 11.1. The molecule has 3 N–H and O–H groups in total. The number of rotatable bonds is 7. The van der Waals surface area contributed by atoms with Gasteiger partial charge in [0.25, 0.3) is 0 Å². The second-order valence-corrected chi connectivity index (χ2v) is 4.64. The van der Waals surface area contributed by atoms with Gasteiger partial charge in [-0.2, -0.15) is 5.10 Å². The predicted molar refractivity (Wildman–Crippen MR) is 78.8 cm³/mol. The number of hydrogen-bond donors (Lipinski definition) is 3. The van der Waals surface area contributed by atoms with E-state index in [0.29, 0.717) is 11.4 Å². The molecule has 0 saturated carbocycles.